The fourth-order valence-electron chi connectivity index (χ4n) is 2.18. The maximum atomic E-state index is 11.5. The highest BCUT2D eigenvalue weighted by molar-refractivity contribution is 5.83. The molecule has 3 heterocycles. The molecule has 2 aromatic heterocycles. The van der Waals surface area contributed by atoms with Gasteiger partial charge in [0, 0.05) is 19.6 Å². The van der Waals surface area contributed by atoms with Crippen LogP contribution in [0.25, 0.3) is 5.65 Å². The molecule has 0 spiro atoms. The molecule has 9 nitrogen and oxygen atoms in total. The highest BCUT2D eigenvalue weighted by atomic mass is 16.2. The average Bonchev–Trinajstić information content (AvgIpc) is 2.80. The zero-order valence-electron chi connectivity index (χ0n) is 10.0. The lowest BCUT2D eigenvalue weighted by Gasteiger charge is -2.34. The first kappa shape index (κ1) is 11.7. The van der Waals surface area contributed by atoms with Crippen LogP contribution in [0.15, 0.2) is 16.9 Å². The summed E-state index contributed by atoms with van der Waals surface area (Å²) in [7, 11) is 0. The van der Waals surface area contributed by atoms with Crippen molar-refractivity contribution in [2.45, 2.75) is 6.04 Å². The second-order valence-electron chi connectivity index (χ2n) is 4.31. The molecule has 1 amide bonds. The number of nitrogens with two attached hydrogens (primary N) is 1. The van der Waals surface area contributed by atoms with E-state index in [4.69, 9.17) is 5.73 Å². The standard InChI is InChI=1S/C10H13N7O2/c11-9(18)6-5-12-3-4-16(6)8-2-1-7-13-14-10(19)17(7)15-8/h1-2,6,12H,3-5H2,(H2,11,18)(H,14,19). The summed E-state index contributed by atoms with van der Waals surface area (Å²) in [5.74, 6) is 0.106. The van der Waals surface area contributed by atoms with Crippen molar-refractivity contribution in [1.29, 1.82) is 0 Å². The number of piperazine rings is 1. The Labute approximate surface area is 107 Å². The number of carbonyl (C=O) groups is 1. The zero-order chi connectivity index (χ0) is 13.4. The van der Waals surface area contributed by atoms with Crippen LogP contribution in [-0.2, 0) is 4.79 Å². The van der Waals surface area contributed by atoms with E-state index in [1.165, 1.54) is 0 Å². The largest absolute Gasteiger partial charge is 0.368 e. The number of anilines is 1. The van der Waals surface area contributed by atoms with Gasteiger partial charge in [0.1, 0.15) is 6.04 Å². The van der Waals surface area contributed by atoms with E-state index in [-0.39, 0.29) is 0 Å². The first-order valence-corrected chi connectivity index (χ1v) is 5.88. The van der Waals surface area contributed by atoms with E-state index in [0.29, 0.717) is 24.6 Å². The number of nitrogens with one attached hydrogen (secondary N) is 2. The van der Waals surface area contributed by atoms with Gasteiger partial charge in [0.05, 0.1) is 0 Å². The van der Waals surface area contributed by atoms with E-state index in [9.17, 15) is 9.59 Å². The Balaban J connectivity index is 2.04. The van der Waals surface area contributed by atoms with Crippen molar-refractivity contribution in [3.8, 4) is 0 Å². The molecule has 3 rings (SSSR count). The molecule has 1 atom stereocenters. The molecule has 1 fully saturated rings. The summed E-state index contributed by atoms with van der Waals surface area (Å²) in [6, 6.07) is 2.92. The molecule has 100 valence electrons. The van der Waals surface area contributed by atoms with Crippen molar-refractivity contribution in [2.75, 3.05) is 24.5 Å². The molecule has 19 heavy (non-hydrogen) atoms. The number of carbonyl (C=O) groups excluding carboxylic acids is 1. The number of rotatable bonds is 2. The molecular weight excluding hydrogens is 250 g/mol. The normalized spacial score (nSPS) is 19.8. The van der Waals surface area contributed by atoms with Crippen LogP contribution in [-0.4, -0.2) is 51.4 Å². The van der Waals surface area contributed by atoms with Crippen molar-refractivity contribution < 1.29 is 4.79 Å². The lowest BCUT2D eigenvalue weighted by atomic mass is 10.2. The third-order valence-corrected chi connectivity index (χ3v) is 3.13. The fraction of sp³-hybridized carbons (Fsp3) is 0.400. The van der Waals surface area contributed by atoms with Gasteiger partial charge in [0.25, 0.3) is 0 Å². The molecule has 0 bridgehead atoms. The van der Waals surface area contributed by atoms with Crippen LogP contribution >= 0.6 is 0 Å². The zero-order valence-corrected chi connectivity index (χ0v) is 10.0. The number of primary amides is 1. The highest BCUT2D eigenvalue weighted by Crippen LogP contribution is 2.15. The molecule has 0 saturated carbocycles. The van der Waals surface area contributed by atoms with Crippen LogP contribution in [0.5, 0.6) is 0 Å². The summed E-state index contributed by atoms with van der Waals surface area (Å²) < 4.78 is 1.16. The lowest BCUT2D eigenvalue weighted by Crippen LogP contribution is -2.57. The predicted molar refractivity (Wildman–Crippen MR) is 66.8 cm³/mol. The van der Waals surface area contributed by atoms with Crippen LogP contribution in [0.4, 0.5) is 5.82 Å². The van der Waals surface area contributed by atoms with Gasteiger partial charge in [-0.3, -0.25) is 4.79 Å². The summed E-state index contributed by atoms with van der Waals surface area (Å²) >= 11 is 0. The molecule has 0 aliphatic carbocycles. The molecule has 2 aromatic rings. The number of fused-ring (bicyclic) bond motifs is 1. The summed E-state index contributed by atoms with van der Waals surface area (Å²) in [5, 5.41) is 13.4. The van der Waals surface area contributed by atoms with Crippen LogP contribution < -0.4 is 21.6 Å². The molecular formula is C10H13N7O2. The Kier molecular flexibility index (Phi) is 2.67. The lowest BCUT2D eigenvalue weighted by molar-refractivity contribution is -0.119. The Morgan fingerprint density at radius 3 is 3.11 bits per heavy atom. The molecule has 4 N–H and O–H groups in total. The number of hydrogen-bond acceptors (Lipinski definition) is 6. The maximum Gasteiger partial charge on any atom is 0.364 e. The fourth-order valence-corrected chi connectivity index (χ4v) is 2.18. The Morgan fingerprint density at radius 1 is 1.47 bits per heavy atom. The summed E-state index contributed by atoms with van der Waals surface area (Å²) in [5.41, 5.74) is 5.40. The number of H-pyrrole nitrogens is 1. The second kappa shape index (κ2) is 4.35. The number of aromatic nitrogens is 4. The maximum absolute atomic E-state index is 11.5. The van der Waals surface area contributed by atoms with Gasteiger partial charge in [0.2, 0.25) is 5.91 Å². The smallest absolute Gasteiger partial charge is 0.364 e. The molecule has 9 heteroatoms. The first-order chi connectivity index (χ1) is 9.16. The average molecular weight is 263 g/mol. The van der Waals surface area contributed by atoms with Gasteiger partial charge in [-0.25, -0.2) is 9.89 Å². The highest BCUT2D eigenvalue weighted by Gasteiger charge is 2.28. The van der Waals surface area contributed by atoms with E-state index >= 15 is 0 Å². The number of amides is 1. The van der Waals surface area contributed by atoms with Crippen molar-refractivity contribution >= 4 is 17.4 Å². The van der Waals surface area contributed by atoms with Gasteiger partial charge in [-0.15, -0.1) is 5.10 Å². The van der Waals surface area contributed by atoms with Gasteiger partial charge in [0.15, 0.2) is 11.5 Å². The summed E-state index contributed by atoms with van der Waals surface area (Å²) in [6.07, 6.45) is 0. The minimum atomic E-state index is -0.471. The topological polar surface area (TPSA) is 121 Å². The van der Waals surface area contributed by atoms with E-state index in [1.807, 2.05) is 0 Å². The second-order valence-corrected chi connectivity index (χ2v) is 4.31. The Morgan fingerprint density at radius 2 is 2.32 bits per heavy atom. The molecule has 0 radical (unpaired) electrons. The molecule has 1 aliphatic rings. The quantitative estimate of drug-likeness (QED) is 0.559. The van der Waals surface area contributed by atoms with Gasteiger partial charge in [-0.05, 0) is 12.1 Å². The number of nitrogens with zero attached hydrogens (tertiary/aromatic N) is 4. The van der Waals surface area contributed by atoms with E-state index in [2.05, 4.69) is 20.6 Å². The molecule has 1 unspecified atom stereocenters. The summed E-state index contributed by atoms with van der Waals surface area (Å²) in [4.78, 5) is 24.7. The van der Waals surface area contributed by atoms with E-state index < -0.39 is 17.6 Å². The van der Waals surface area contributed by atoms with E-state index in [0.717, 1.165) is 11.1 Å². The minimum absolute atomic E-state index is 0.414. The Hall–Kier alpha value is -2.42. The molecule has 1 saturated heterocycles. The van der Waals surface area contributed by atoms with Crippen LogP contribution in [0, 0.1) is 0 Å². The number of aromatic amines is 1. The van der Waals surface area contributed by atoms with Crippen molar-refractivity contribution in [2.24, 2.45) is 5.73 Å². The molecule has 1 aliphatic heterocycles. The minimum Gasteiger partial charge on any atom is -0.368 e. The summed E-state index contributed by atoms with van der Waals surface area (Å²) in [6.45, 7) is 1.79. The van der Waals surface area contributed by atoms with Gasteiger partial charge < -0.3 is 16.0 Å². The van der Waals surface area contributed by atoms with Crippen molar-refractivity contribution in [3.05, 3.63) is 22.6 Å². The van der Waals surface area contributed by atoms with Crippen LogP contribution in [0.3, 0.4) is 0 Å². The van der Waals surface area contributed by atoms with Crippen molar-refractivity contribution in [1.82, 2.24) is 25.1 Å². The van der Waals surface area contributed by atoms with Gasteiger partial charge >= 0.3 is 5.69 Å². The molecule has 0 aromatic carbocycles. The third-order valence-electron chi connectivity index (χ3n) is 3.13. The Bertz CT molecular complexity index is 676. The van der Waals surface area contributed by atoms with Gasteiger partial charge in [-0.2, -0.15) is 9.61 Å². The van der Waals surface area contributed by atoms with E-state index in [1.54, 1.807) is 17.0 Å². The van der Waals surface area contributed by atoms with Crippen LogP contribution in [0.2, 0.25) is 0 Å². The van der Waals surface area contributed by atoms with Crippen molar-refractivity contribution in [3.63, 3.8) is 0 Å². The number of hydrogen-bond donors (Lipinski definition) is 3. The first-order valence-electron chi connectivity index (χ1n) is 5.88. The predicted octanol–water partition coefficient (Wildman–Crippen LogP) is -2.32. The van der Waals surface area contributed by atoms with Crippen LogP contribution in [0.1, 0.15) is 0 Å². The monoisotopic (exact) mass is 263 g/mol. The third kappa shape index (κ3) is 1.93. The van der Waals surface area contributed by atoms with Gasteiger partial charge in [-0.1, -0.05) is 0 Å². The SMILES string of the molecule is NC(=O)C1CNCCN1c1ccc2n[nH]c(=O)n2n1.